The van der Waals surface area contributed by atoms with Crippen molar-refractivity contribution in [2.75, 3.05) is 5.75 Å². The molecule has 0 saturated carbocycles. The van der Waals surface area contributed by atoms with Gasteiger partial charge in [0.1, 0.15) is 5.82 Å². The maximum atomic E-state index is 13.0. The number of carbonyl (C=O) groups excluding carboxylic acids is 2. The van der Waals surface area contributed by atoms with Crippen molar-refractivity contribution in [1.29, 1.82) is 0 Å². The van der Waals surface area contributed by atoms with Crippen molar-refractivity contribution in [2.24, 2.45) is 11.8 Å². The first-order valence-corrected chi connectivity index (χ1v) is 13.9. The van der Waals surface area contributed by atoms with Crippen LogP contribution < -0.4 is 5.32 Å². The molecule has 0 aliphatic carbocycles. The van der Waals surface area contributed by atoms with Crippen LogP contribution in [-0.4, -0.2) is 37.4 Å². The van der Waals surface area contributed by atoms with Gasteiger partial charge in [0, 0.05) is 35.0 Å². The number of hydrogen-bond acceptors (Lipinski definition) is 5. The van der Waals surface area contributed by atoms with E-state index in [0.717, 1.165) is 49.2 Å². The highest BCUT2D eigenvalue weighted by molar-refractivity contribution is 9.10. The molecule has 2 aromatic rings. The molecular formula is C26H36BrN3O4S. The van der Waals surface area contributed by atoms with Gasteiger partial charge >= 0.3 is 5.97 Å². The average Bonchev–Trinajstić information content (AvgIpc) is 3.19. The molecule has 1 aromatic heterocycles. The number of nitrogens with one attached hydrogen (secondary N) is 1. The van der Waals surface area contributed by atoms with E-state index in [9.17, 15) is 19.5 Å². The van der Waals surface area contributed by atoms with Crippen molar-refractivity contribution >= 4 is 44.7 Å². The number of thioether (sulfide) groups is 1. The number of nitrogens with zero attached hydrogens (tertiary/aromatic N) is 2. The van der Waals surface area contributed by atoms with Gasteiger partial charge in [-0.2, -0.15) is 0 Å². The third-order valence-electron chi connectivity index (χ3n) is 5.73. The van der Waals surface area contributed by atoms with Gasteiger partial charge in [-0.05, 0) is 46.5 Å². The Morgan fingerprint density at radius 1 is 1.20 bits per heavy atom. The van der Waals surface area contributed by atoms with Crippen molar-refractivity contribution in [1.82, 2.24) is 14.9 Å². The van der Waals surface area contributed by atoms with E-state index in [1.54, 1.807) is 18.3 Å². The number of halogens is 1. The molecule has 35 heavy (non-hydrogen) atoms. The van der Waals surface area contributed by atoms with E-state index in [2.05, 4.69) is 37.7 Å². The number of unbranched alkanes of at least 4 members (excludes halogenated alkanes) is 1. The highest BCUT2D eigenvalue weighted by Gasteiger charge is 2.21. The van der Waals surface area contributed by atoms with E-state index in [-0.39, 0.29) is 28.4 Å². The Labute approximate surface area is 220 Å². The van der Waals surface area contributed by atoms with Gasteiger partial charge in [0.2, 0.25) is 5.91 Å². The number of aromatic carboxylic acids is 1. The SMILES string of the molecule is CCCCc1ncc(CNC(=O)C(CCC)CSC(=O)C(C)C)n1Cc1ccc(C(=O)O)c(Br)c1. The van der Waals surface area contributed by atoms with Crippen LogP contribution in [0.15, 0.2) is 28.9 Å². The summed E-state index contributed by atoms with van der Waals surface area (Å²) in [6, 6.07) is 5.22. The molecule has 0 bridgehead atoms. The summed E-state index contributed by atoms with van der Waals surface area (Å²) in [6.07, 6.45) is 6.28. The molecule has 1 amide bonds. The molecule has 192 valence electrons. The monoisotopic (exact) mass is 565 g/mol. The number of rotatable bonds is 14. The van der Waals surface area contributed by atoms with Gasteiger partial charge in [-0.25, -0.2) is 9.78 Å². The van der Waals surface area contributed by atoms with Gasteiger partial charge in [-0.3, -0.25) is 9.59 Å². The van der Waals surface area contributed by atoms with Crippen LogP contribution in [0.5, 0.6) is 0 Å². The van der Waals surface area contributed by atoms with Crippen molar-refractivity contribution in [3.63, 3.8) is 0 Å². The average molecular weight is 567 g/mol. The minimum atomic E-state index is -0.979. The smallest absolute Gasteiger partial charge is 0.336 e. The quantitative estimate of drug-likeness (QED) is 0.305. The third kappa shape index (κ3) is 8.79. The zero-order valence-corrected chi connectivity index (χ0v) is 23.4. The number of hydrogen-bond donors (Lipinski definition) is 2. The lowest BCUT2D eigenvalue weighted by Gasteiger charge is -2.17. The number of carboxylic acids is 1. The molecule has 0 aliphatic heterocycles. The Balaban J connectivity index is 2.17. The summed E-state index contributed by atoms with van der Waals surface area (Å²) in [6.45, 7) is 8.78. The molecule has 2 rings (SSSR count). The van der Waals surface area contributed by atoms with Crippen LogP contribution in [0.3, 0.4) is 0 Å². The molecule has 0 radical (unpaired) electrons. The summed E-state index contributed by atoms with van der Waals surface area (Å²) in [5.41, 5.74) is 2.05. The second-order valence-corrected chi connectivity index (χ2v) is 10.8. The second-order valence-electron chi connectivity index (χ2n) is 8.96. The first-order valence-electron chi connectivity index (χ1n) is 12.2. The first kappa shape index (κ1) is 29.1. The Bertz CT molecular complexity index is 1020. The predicted molar refractivity (Wildman–Crippen MR) is 144 cm³/mol. The zero-order chi connectivity index (χ0) is 26.0. The number of amides is 1. The summed E-state index contributed by atoms with van der Waals surface area (Å²) in [5, 5.41) is 12.5. The fraction of sp³-hybridized carbons (Fsp3) is 0.538. The fourth-order valence-corrected chi connectivity index (χ4v) is 5.26. The van der Waals surface area contributed by atoms with Crippen LogP contribution in [-0.2, 0) is 29.1 Å². The number of carbonyl (C=O) groups is 3. The second kappa shape index (κ2) is 14.4. The highest BCUT2D eigenvalue weighted by atomic mass is 79.9. The largest absolute Gasteiger partial charge is 0.478 e. The fourth-order valence-electron chi connectivity index (χ4n) is 3.65. The van der Waals surface area contributed by atoms with Crippen LogP contribution in [0.1, 0.15) is 80.8 Å². The Morgan fingerprint density at radius 2 is 1.94 bits per heavy atom. The molecule has 0 saturated heterocycles. The van der Waals surface area contributed by atoms with Gasteiger partial charge in [0.15, 0.2) is 5.12 Å². The van der Waals surface area contributed by atoms with Crippen molar-refractivity contribution in [3.8, 4) is 0 Å². The Kier molecular flexibility index (Phi) is 12.0. The van der Waals surface area contributed by atoms with Crippen LogP contribution in [0.4, 0.5) is 0 Å². The lowest BCUT2D eigenvalue weighted by molar-refractivity contribution is -0.124. The molecule has 1 heterocycles. The number of imidazole rings is 1. The van der Waals surface area contributed by atoms with Gasteiger partial charge in [-0.1, -0.05) is 58.4 Å². The van der Waals surface area contributed by atoms with E-state index < -0.39 is 5.97 Å². The Morgan fingerprint density at radius 3 is 2.54 bits per heavy atom. The minimum absolute atomic E-state index is 0.0488. The molecule has 1 atom stereocenters. The number of aromatic nitrogens is 2. The predicted octanol–water partition coefficient (Wildman–Crippen LogP) is 5.68. The molecular weight excluding hydrogens is 530 g/mol. The maximum absolute atomic E-state index is 13.0. The molecule has 0 spiro atoms. The van der Waals surface area contributed by atoms with E-state index in [1.807, 2.05) is 26.8 Å². The van der Waals surface area contributed by atoms with E-state index in [0.29, 0.717) is 23.3 Å². The summed E-state index contributed by atoms with van der Waals surface area (Å²) >= 11 is 4.60. The summed E-state index contributed by atoms with van der Waals surface area (Å²) in [5.74, 6) is 0.133. The summed E-state index contributed by atoms with van der Waals surface area (Å²) < 4.78 is 2.63. The van der Waals surface area contributed by atoms with Crippen LogP contribution in [0.25, 0.3) is 0 Å². The molecule has 7 nitrogen and oxygen atoms in total. The van der Waals surface area contributed by atoms with Crippen LogP contribution >= 0.6 is 27.7 Å². The van der Waals surface area contributed by atoms with E-state index in [1.165, 1.54) is 11.8 Å². The number of benzene rings is 1. The van der Waals surface area contributed by atoms with Crippen molar-refractivity contribution in [3.05, 3.63) is 51.5 Å². The van der Waals surface area contributed by atoms with Gasteiger partial charge < -0.3 is 15.0 Å². The highest BCUT2D eigenvalue weighted by Crippen LogP contribution is 2.22. The third-order valence-corrected chi connectivity index (χ3v) is 7.71. The number of aryl methyl sites for hydroxylation is 1. The molecule has 2 N–H and O–H groups in total. The molecule has 9 heteroatoms. The molecule has 1 unspecified atom stereocenters. The lowest BCUT2D eigenvalue weighted by atomic mass is 10.1. The van der Waals surface area contributed by atoms with Gasteiger partial charge in [-0.15, -0.1) is 0 Å². The normalized spacial score (nSPS) is 12.1. The molecule has 0 fully saturated rings. The topological polar surface area (TPSA) is 101 Å². The standard InChI is InChI=1S/C26H36BrN3O4S/c1-5-7-9-23-28-13-20(30(23)15-18-10-11-21(25(32)33)22(27)12-18)14-29-24(31)19(8-6-2)16-35-26(34)17(3)4/h10-13,17,19H,5-9,14-16H2,1-4H3,(H,29,31)(H,32,33). The summed E-state index contributed by atoms with van der Waals surface area (Å²) in [7, 11) is 0. The van der Waals surface area contributed by atoms with E-state index >= 15 is 0 Å². The minimum Gasteiger partial charge on any atom is -0.478 e. The molecule has 0 aliphatic rings. The van der Waals surface area contributed by atoms with Crippen molar-refractivity contribution < 1.29 is 19.5 Å². The van der Waals surface area contributed by atoms with Crippen LogP contribution in [0.2, 0.25) is 0 Å². The van der Waals surface area contributed by atoms with E-state index in [4.69, 9.17) is 0 Å². The van der Waals surface area contributed by atoms with Gasteiger partial charge in [0.25, 0.3) is 0 Å². The lowest BCUT2D eigenvalue weighted by Crippen LogP contribution is -2.32. The number of carboxylic acid groups (broad SMARTS) is 1. The van der Waals surface area contributed by atoms with Crippen LogP contribution in [0, 0.1) is 11.8 Å². The summed E-state index contributed by atoms with van der Waals surface area (Å²) in [4.78, 5) is 40.9. The van der Waals surface area contributed by atoms with Gasteiger partial charge in [0.05, 0.1) is 24.0 Å². The van der Waals surface area contributed by atoms with Crippen molar-refractivity contribution in [2.45, 2.75) is 72.9 Å². The zero-order valence-electron chi connectivity index (χ0n) is 21.0. The maximum Gasteiger partial charge on any atom is 0.336 e. The molecule has 1 aromatic carbocycles. The first-order chi connectivity index (χ1) is 16.7. The Hall–Kier alpha value is -2.13.